The summed E-state index contributed by atoms with van der Waals surface area (Å²) in [5.41, 5.74) is 0. The summed E-state index contributed by atoms with van der Waals surface area (Å²) in [6, 6.07) is 10.1. The first-order valence-corrected chi connectivity index (χ1v) is 7.02. The Kier molecular flexibility index (Phi) is 5.02. The maximum atomic E-state index is 5.84. The Morgan fingerprint density at radius 2 is 1.83 bits per heavy atom. The predicted octanol–water partition coefficient (Wildman–Crippen LogP) is 2.24. The number of piperidine rings is 1. The largest absolute Gasteiger partial charge is 0.488 e. The Labute approximate surface area is 110 Å². The van der Waals surface area contributed by atoms with Gasteiger partial charge < -0.3 is 9.22 Å². The van der Waals surface area contributed by atoms with Gasteiger partial charge in [0, 0.05) is 0 Å². The third-order valence-electron chi connectivity index (χ3n) is 3.84. The van der Waals surface area contributed by atoms with Crippen LogP contribution >= 0.6 is 0 Å². The lowest BCUT2D eigenvalue weighted by Crippen LogP contribution is -2.57. The molecule has 1 fully saturated rings. The average Bonchev–Trinajstić information content (AvgIpc) is 2.41. The number of hydrogen-bond donors (Lipinski definition) is 1. The molecule has 0 saturated carbocycles. The van der Waals surface area contributed by atoms with Crippen LogP contribution < -0.4 is 10.1 Å². The number of benzene rings is 1. The van der Waals surface area contributed by atoms with Crippen molar-refractivity contribution < 1.29 is 9.22 Å². The molecule has 0 radical (unpaired) electrons. The molecule has 1 heterocycles. The highest BCUT2D eigenvalue weighted by Gasteiger charge is 2.28. The molecule has 100 valence electrons. The first kappa shape index (κ1) is 13.4. The van der Waals surface area contributed by atoms with E-state index in [1.54, 1.807) is 0 Å². The van der Waals surface area contributed by atoms with Crippen LogP contribution in [0, 0.1) is 0 Å². The lowest BCUT2D eigenvalue weighted by Gasteiger charge is -2.41. The van der Waals surface area contributed by atoms with Crippen LogP contribution in [-0.4, -0.2) is 44.4 Å². The quantitative estimate of drug-likeness (QED) is 0.781. The number of hydrogen-bond acceptors (Lipinski definition) is 2. The molecule has 3 nitrogen and oxygen atoms in total. The van der Waals surface area contributed by atoms with Crippen molar-refractivity contribution in [1.82, 2.24) is 5.32 Å². The highest BCUT2D eigenvalue weighted by atomic mass is 16.5. The normalized spacial score (nSPS) is 18.5. The predicted molar refractivity (Wildman–Crippen MR) is 74.6 cm³/mol. The van der Waals surface area contributed by atoms with Gasteiger partial charge in [0.2, 0.25) is 0 Å². The summed E-state index contributed by atoms with van der Waals surface area (Å²) in [7, 11) is 2.05. The van der Waals surface area contributed by atoms with E-state index >= 15 is 0 Å². The molecule has 18 heavy (non-hydrogen) atoms. The molecule has 2 rings (SSSR count). The van der Waals surface area contributed by atoms with Crippen LogP contribution in [0.25, 0.3) is 0 Å². The zero-order valence-corrected chi connectivity index (χ0v) is 11.4. The van der Waals surface area contributed by atoms with Gasteiger partial charge in [0.15, 0.2) is 0 Å². The first-order chi connectivity index (χ1) is 8.85. The van der Waals surface area contributed by atoms with E-state index in [4.69, 9.17) is 4.74 Å². The number of quaternary nitrogens is 1. The van der Waals surface area contributed by atoms with Gasteiger partial charge in [0.1, 0.15) is 25.6 Å². The fourth-order valence-electron chi connectivity index (χ4n) is 2.85. The summed E-state index contributed by atoms with van der Waals surface area (Å²) in [5, 5.41) is 3.34. The zero-order valence-electron chi connectivity index (χ0n) is 11.4. The Morgan fingerprint density at radius 1 is 1.11 bits per heavy atom. The summed E-state index contributed by atoms with van der Waals surface area (Å²) >= 11 is 0. The SMILES string of the molecule is CNC[N+]1(CCOc2ccccc2)CCCCC1. The van der Waals surface area contributed by atoms with Gasteiger partial charge in [-0.25, -0.2) is 0 Å². The Hall–Kier alpha value is -1.06. The van der Waals surface area contributed by atoms with Crippen LogP contribution in [0.3, 0.4) is 0 Å². The Bertz CT molecular complexity index is 328. The van der Waals surface area contributed by atoms with Crippen LogP contribution in [0.5, 0.6) is 5.75 Å². The van der Waals surface area contributed by atoms with Gasteiger partial charge >= 0.3 is 0 Å². The molecule has 1 saturated heterocycles. The van der Waals surface area contributed by atoms with Gasteiger partial charge in [-0.1, -0.05) is 18.2 Å². The Morgan fingerprint density at radius 3 is 2.50 bits per heavy atom. The molecule has 0 atom stereocenters. The van der Waals surface area contributed by atoms with Crippen molar-refractivity contribution in [1.29, 1.82) is 0 Å². The van der Waals surface area contributed by atoms with E-state index in [1.165, 1.54) is 36.8 Å². The second kappa shape index (κ2) is 6.76. The lowest BCUT2D eigenvalue weighted by molar-refractivity contribution is -0.934. The third kappa shape index (κ3) is 3.72. The summed E-state index contributed by atoms with van der Waals surface area (Å²) in [4.78, 5) is 0. The smallest absolute Gasteiger partial charge is 0.137 e. The number of rotatable bonds is 6. The van der Waals surface area contributed by atoms with Crippen LogP contribution in [0.1, 0.15) is 19.3 Å². The van der Waals surface area contributed by atoms with E-state index in [0.717, 1.165) is 25.6 Å². The fourth-order valence-corrected chi connectivity index (χ4v) is 2.85. The zero-order chi connectivity index (χ0) is 12.7. The van der Waals surface area contributed by atoms with Gasteiger partial charge in [0.05, 0.1) is 13.1 Å². The standard InChI is InChI=1S/C15H25N2O/c1-16-14-17(10-6-3-7-11-17)12-13-18-15-8-4-2-5-9-15/h2,4-5,8-9,16H,3,6-7,10-14H2,1H3/q+1. The highest BCUT2D eigenvalue weighted by Crippen LogP contribution is 2.18. The first-order valence-electron chi connectivity index (χ1n) is 7.02. The number of nitrogens with one attached hydrogen (secondary N) is 1. The molecule has 1 aliphatic heterocycles. The number of nitrogens with zero attached hydrogens (tertiary/aromatic N) is 1. The summed E-state index contributed by atoms with van der Waals surface area (Å²) in [6.45, 7) is 5.57. The summed E-state index contributed by atoms with van der Waals surface area (Å²) in [6.07, 6.45) is 4.10. The van der Waals surface area contributed by atoms with Crippen molar-refractivity contribution in [3.8, 4) is 5.75 Å². The van der Waals surface area contributed by atoms with E-state index in [-0.39, 0.29) is 0 Å². The van der Waals surface area contributed by atoms with Crippen LogP contribution in [-0.2, 0) is 0 Å². The van der Waals surface area contributed by atoms with Crippen molar-refractivity contribution in [2.45, 2.75) is 19.3 Å². The van der Waals surface area contributed by atoms with Crippen LogP contribution in [0.2, 0.25) is 0 Å². The second-order valence-corrected chi connectivity index (χ2v) is 5.25. The monoisotopic (exact) mass is 249 g/mol. The van der Waals surface area contributed by atoms with Crippen LogP contribution in [0.15, 0.2) is 30.3 Å². The van der Waals surface area contributed by atoms with Gasteiger partial charge in [-0.15, -0.1) is 0 Å². The summed E-state index contributed by atoms with van der Waals surface area (Å²) in [5.74, 6) is 0.983. The van der Waals surface area contributed by atoms with Gasteiger partial charge in [-0.2, -0.15) is 0 Å². The molecule has 0 aliphatic carbocycles. The molecule has 0 unspecified atom stereocenters. The topological polar surface area (TPSA) is 21.3 Å². The molecule has 1 N–H and O–H groups in total. The van der Waals surface area contributed by atoms with Gasteiger partial charge in [0.25, 0.3) is 0 Å². The maximum absolute atomic E-state index is 5.84. The van der Waals surface area contributed by atoms with Crippen molar-refractivity contribution >= 4 is 0 Å². The minimum Gasteiger partial charge on any atom is -0.488 e. The average molecular weight is 249 g/mol. The lowest BCUT2D eigenvalue weighted by atomic mass is 10.1. The molecule has 3 heteroatoms. The van der Waals surface area contributed by atoms with E-state index < -0.39 is 0 Å². The number of para-hydroxylation sites is 1. The summed E-state index contributed by atoms with van der Waals surface area (Å²) < 4.78 is 7.01. The van der Waals surface area contributed by atoms with Crippen molar-refractivity contribution in [3.63, 3.8) is 0 Å². The molecule has 0 aromatic heterocycles. The molecular weight excluding hydrogens is 224 g/mol. The van der Waals surface area contributed by atoms with Crippen molar-refractivity contribution in [3.05, 3.63) is 30.3 Å². The highest BCUT2D eigenvalue weighted by molar-refractivity contribution is 5.20. The third-order valence-corrected chi connectivity index (χ3v) is 3.84. The molecule has 1 aromatic rings. The van der Waals surface area contributed by atoms with E-state index in [1.807, 2.05) is 37.4 Å². The fraction of sp³-hybridized carbons (Fsp3) is 0.600. The minimum absolute atomic E-state index is 0.811. The molecular formula is C15H25N2O+. The Balaban J connectivity index is 1.82. The van der Waals surface area contributed by atoms with E-state index in [0.29, 0.717) is 0 Å². The maximum Gasteiger partial charge on any atom is 0.137 e. The van der Waals surface area contributed by atoms with E-state index in [9.17, 15) is 0 Å². The molecule has 0 amide bonds. The minimum atomic E-state index is 0.811. The van der Waals surface area contributed by atoms with Gasteiger partial charge in [-0.3, -0.25) is 5.32 Å². The van der Waals surface area contributed by atoms with Crippen LogP contribution in [0.4, 0.5) is 0 Å². The van der Waals surface area contributed by atoms with Crippen molar-refractivity contribution in [2.24, 2.45) is 0 Å². The molecule has 1 aliphatic rings. The number of ether oxygens (including phenoxy) is 1. The number of likely N-dealkylation sites (tertiary alicyclic amines) is 1. The molecule has 0 spiro atoms. The van der Waals surface area contributed by atoms with Crippen molar-refractivity contribution in [2.75, 3.05) is 40.0 Å². The molecule has 1 aromatic carbocycles. The van der Waals surface area contributed by atoms with E-state index in [2.05, 4.69) is 5.32 Å². The molecule has 0 bridgehead atoms. The van der Waals surface area contributed by atoms with Gasteiger partial charge in [-0.05, 0) is 38.4 Å². The second-order valence-electron chi connectivity index (χ2n) is 5.25.